The number of carbonyl (C=O) groups excluding carboxylic acids is 1. The number of amides is 1. The quantitative estimate of drug-likeness (QED) is 0.638. The number of hydrogen-bond donors (Lipinski definition) is 0. The molecular formula is C16H15BrN4OS. The average Bonchev–Trinajstić information content (AvgIpc) is 3.13. The van der Waals surface area contributed by atoms with E-state index in [2.05, 4.69) is 32.6 Å². The van der Waals surface area contributed by atoms with Crippen LogP contribution in [-0.2, 0) is 13.1 Å². The Hall–Kier alpha value is -1.99. The number of thiazole rings is 1. The van der Waals surface area contributed by atoms with Crippen molar-refractivity contribution in [1.82, 2.24) is 14.3 Å². The highest BCUT2D eigenvalue weighted by atomic mass is 79.9. The van der Waals surface area contributed by atoms with E-state index in [0.29, 0.717) is 17.0 Å². The number of hydrogen-bond acceptors (Lipinski definition) is 3. The molecule has 0 unspecified atom stereocenters. The van der Waals surface area contributed by atoms with Crippen molar-refractivity contribution in [2.24, 2.45) is 4.99 Å². The summed E-state index contributed by atoms with van der Waals surface area (Å²) in [5.41, 5.74) is 1.39. The highest BCUT2D eigenvalue weighted by Crippen LogP contribution is 2.22. The zero-order valence-electron chi connectivity index (χ0n) is 12.6. The zero-order chi connectivity index (χ0) is 16.4. The van der Waals surface area contributed by atoms with E-state index in [9.17, 15) is 4.79 Å². The van der Waals surface area contributed by atoms with Crippen LogP contribution >= 0.6 is 27.3 Å². The van der Waals surface area contributed by atoms with Gasteiger partial charge < -0.3 is 4.57 Å². The van der Waals surface area contributed by atoms with E-state index < -0.39 is 0 Å². The summed E-state index contributed by atoms with van der Waals surface area (Å²) in [6, 6.07) is 7.70. The van der Waals surface area contributed by atoms with E-state index in [0.717, 1.165) is 21.2 Å². The van der Waals surface area contributed by atoms with E-state index in [4.69, 9.17) is 0 Å². The lowest BCUT2D eigenvalue weighted by Crippen LogP contribution is -2.16. The summed E-state index contributed by atoms with van der Waals surface area (Å²) in [5, 5.41) is 4.21. The summed E-state index contributed by atoms with van der Waals surface area (Å²) in [5.74, 6) is -0.333. The summed E-state index contributed by atoms with van der Waals surface area (Å²) in [7, 11) is 0. The van der Waals surface area contributed by atoms with Crippen molar-refractivity contribution < 1.29 is 4.79 Å². The van der Waals surface area contributed by atoms with E-state index >= 15 is 0 Å². The van der Waals surface area contributed by atoms with Gasteiger partial charge in [-0.05, 0) is 31.2 Å². The molecule has 0 radical (unpaired) electrons. The molecule has 1 aromatic carbocycles. The lowest BCUT2D eigenvalue weighted by molar-refractivity contribution is 0.0992. The Morgan fingerprint density at radius 1 is 1.48 bits per heavy atom. The first-order valence-corrected chi connectivity index (χ1v) is 8.75. The molecule has 1 amide bonds. The SMILES string of the molecule is C=CCn1c(=NC(=O)c2ccn(CC)n2)sc2cc(Br)ccc21. The van der Waals surface area contributed by atoms with Crippen LogP contribution in [-0.4, -0.2) is 20.3 Å². The molecule has 3 rings (SSSR count). The Morgan fingerprint density at radius 3 is 3.00 bits per heavy atom. The van der Waals surface area contributed by atoms with E-state index in [1.165, 1.54) is 11.3 Å². The molecule has 3 aromatic rings. The Labute approximate surface area is 145 Å². The first-order chi connectivity index (χ1) is 11.1. The standard InChI is InChI=1S/C16H15BrN4OS/c1-3-8-21-13-6-5-11(17)10-14(13)23-16(21)18-15(22)12-7-9-20(4-2)19-12/h3,5-7,9-10H,1,4,8H2,2H3. The molecule has 5 nitrogen and oxygen atoms in total. The number of rotatable bonds is 4. The number of aromatic nitrogens is 3. The predicted molar refractivity (Wildman–Crippen MR) is 95.5 cm³/mol. The maximum atomic E-state index is 12.4. The molecule has 0 aliphatic heterocycles. The second-order valence-corrected chi connectivity index (χ2v) is 6.79. The van der Waals surface area contributed by atoms with Crippen LogP contribution < -0.4 is 4.80 Å². The van der Waals surface area contributed by atoms with Gasteiger partial charge in [0.1, 0.15) is 0 Å². The van der Waals surface area contributed by atoms with Gasteiger partial charge in [0.05, 0.1) is 10.2 Å². The number of carbonyl (C=O) groups is 1. The molecule has 0 aliphatic carbocycles. The first kappa shape index (κ1) is 15.9. The zero-order valence-corrected chi connectivity index (χ0v) is 15.0. The van der Waals surface area contributed by atoms with Crippen molar-refractivity contribution in [3.8, 4) is 0 Å². The van der Waals surface area contributed by atoms with Gasteiger partial charge in [0.15, 0.2) is 10.5 Å². The normalized spacial score (nSPS) is 12.0. The first-order valence-electron chi connectivity index (χ1n) is 7.14. The topological polar surface area (TPSA) is 52.2 Å². The van der Waals surface area contributed by atoms with Crippen molar-refractivity contribution in [2.75, 3.05) is 0 Å². The minimum absolute atomic E-state index is 0.333. The van der Waals surface area contributed by atoms with Gasteiger partial charge in [-0.15, -0.1) is 6.58 Å². The molecule has 0 fully saturated rings. The lowest BCUT2D eigenvalue weighted by atomic mass is 10.3. The third-order valence-electron chi connectivity index (χ3n) is 3.34. The molecular weight excluding hydrogens is 376 g/mol. The van der Waals surface area contributed by atoms with Crippen LogP contribution in [0.5, 0.6) is 0 Å². The van der Waals surface area contributed by atoms with Crippen LogP contribution in [0.3, 0.4) is 0 Å². The Kier molecular flexibility index (Phi) is 4.58. The fraction of sp³-hybridized carbons (Fsp3) is 0.188. The van der Waals surface area contributed by atoms with Crippen LogP contribution in [0.4, 0.5) is 0 Å². The number of benzene rings is 1. The third kappa shape index (κ3) is 3.20. The summed E-state index contributed by atoms with van der Waals surface area (Å²) in [6.07, 6.45) is 3.58. The molecule has 0 bridgehead atoms. The monoisotopic (exact) mass is 390 g/mol. The second kappa shape index (κ2) is 6.64. The third-order valence-corrected chi connectivity index (χ3v) is 4.87. The molecule has 2 aromatic heterocycles. The number of allylic oxidation sites excluding steroid dienone is 1. The van der Waals surface area contributed by atoms with Crippen LogP contribution in [0, 0.1) is 0 Å². The van der Waals surface area contributed by atoms with Gasteiger partial charge in [0.2, 0.25) is 0 Å². The number of halogens is 1. The fourth-order valence-electron chi connectivity index (χ4n) is 2.23. The molecule has 0 saturated carbocycles. The molecule has 118 valence electrons. The van der Waals surface area contributed by atoms with E-state index in [1.54, 1.807) is 23.0 Å². The van der Waals surface area contributed by atoms with Crippen molar-refractivity contribution in [3.63, 3.8) is 0 Å². The molecule has 23 heavy (non-hydrogen) atoms. The smallest absolute Gasteiger partial charge is 0.300 e. The maximum Gasteiger partial charge on any atom is 0.300 e. The van der Waals surface area contributed by atoms with Crippen molar-refractivity contribution >= 4 is 43.4 Å². The minimum atomic E-state index is -0.333. The molecule has 2 heterocycles. The molecule has 0 aliphatic rings. The molecule has 0 N–H and O–H groups in total. The van der Waals surface area contributed by atoms with Gasteiger partial charge in [-0.1, -0.05) is 33.3 Å². The van der Waals surface area contributed by atoms with Crippen LogP contribution in [0.2, 0.25) is 0 Å². The summed E-state index contributed by atoms with van der Waals surface area (Å²) < 4.78 is 5.75. The Bertz CT molecular complexity index is 951. The number of aryl methyl sites for hydroxylation is 1. The van der Waals surface area contributed by atoms with Crippen LogP contribution in [0.15, 0.2) is 52.6 Å². The van der Waals surface area contributed by atoms with Gasteiger partial charge in [-0.25, -0.2) is 0 Å². The highest BCUT2D eigenvalue weighted by Gasteiger charge is 2.11. The number of fused-ring (bicyclic) bond motifs is 1. The Morgan fingerprint density at radius 2 is 2.30 bits per heavy atom. The van der Waals surface area contributed by atoms with Crippen molar-refractivity contribution in [2.45, 2.75) is 20.0 Å². The minimum Gasteiger partial charge on any atom is -0.312 e. The van der Waals surface area contributed by atoms with Gasteiger partial charge >= 0.3 is 0 Å². The predicted octanol–water partition coefficient (Wildman–Crippen LogP) is 3.61. The molecule has 0 saturated heterocycles. The van der Waals surface area contributed by atoms with Gasteiger partial charge in [0, 0.05) is 23.8 Å². The number of nitrogens with zero attached hydrogens (tertiary/aromatic N) is 4. The van der Waals surface area contributed by atoms with Crippen LogP contribution in [0.25, 0.3) is 10.2 Å². The molecule has 0 spiro atoms. The van der Waals surface area contributed by atoms with Gasteiger partial charge in [-0.3, -0.25) is 9.48 Å². The van der Waals surface area contributed by atoms with Gasteiger partial charge in [-0.2, -0.15) is 10.1 Å². The highest BCUT2D eigenvalue weighted by molar-refractivity contribution is 9.10. The fourth-order valence-corrected chi connectivity index (χ4v) is 3.82. The summed E-state index contributed by atoms with van der Waals surface area (Å²) in [6.45, 7) is 7.07. The molecule has 7 heteroatoms. The van der Waals surface area contributed by atoms with Gasteiger partial charge in [0.25, 0.3) is 5.91 Å². The summed E-state index contributed by atoms with van der Waals surface area (Å²) in [4.78, 5) is 17.3. The molecule has 0 atom stereocenters. The lowest BCUT2D eigenvalue weighted by Gasteiger charge is -2.00. The Balaban J connectivity index is 2.11. The van der Waals surface area contributed by atoms with E-state index in [1.807, 2.05) is 29.7 Å². The largest absolute Gasteiger partial charge is 0.312 e. The second-order valence-electron chi connectivity index (χ2n) is 4.87. The van der Waals surface area contributed by atoms with E-state index in [-0.39, 0.29) is 5.91 Å². The van der Waals surface area contributed by atoms with Crippen LogP contribution in [0.1, 0.15) is 17.4 Å². The van der Waals surface area contributed by atoms with Crippen molar-refractivity contribution in [3.05, 3.63) is 58.1 Å². The average molecular weight is 391 g/mol. The maximum absolute atomic E-state index is 12.4. The van der Waals surface area contributed by atoms with Crippen molar-refractivity contribution in [1.29, 1.82) is 0 Å². The summed E-state index contributed by atoms with van der Waals surface area (Å²) >= 11 is 4.95.